The fourth-order valence-electron chi connectivity index (χ4n) is 2.77. The first kappa shape index (κ1) is 15.5. The first-order chi connectivity index (χ1) is 11.1. The van der Waals surface area contributed by atoms with Gasteiger partial charge in [0.1, 0.15) is 0 Å². The lowest BCUT2D eigenvalue weighted by molar-refractivity contribution is 0.0723. The van der Waals surface area contributed by atoms with Crippen molar-refractivity contribution in [3.05, 3.63) is 47.3 Å². The van der Waals surface area contributed by atoms with Gasteiger partial charge in [-0.05, 0) is 50.3 Å². The van der Waals surface area contributed by atoms with Crippen LogP contribution < -0.4 is 5.32 Å². The number of piperidine rings is 1. The Morgan fingerprint density at radius 3 is 2.48 bits per heavy atom. The number of likely N-dealkylation sites (tertiary alicyclic amines) is 1. The molecule has 1 amide bonds. The minimum atomic E-state index is 0.0305. The van der Waals surface area contributed by atoms with Crippen molar-refractivity contribution in [2.24, 2.45) is 0 Å². The Morgan fingerprint density at radius 1 is 1.09 bits per heavy atom. The molecule has 120 valence electrons. The van der Waals surface area contributed by atoms with Crippen molar-refractivity contribution in [2.45, 2.75) is 33.1 Å². The molecular formula is C18H22N4O. The zero-order valence-corrected chi connectivity index (χ0v) is 13.7. The predicted octanol–water partition coefficient (Wildman–Crippen LogP) is 3.46. The Balaban J connectivity index is 1.71. The fourth-order valence-corrected chi connectivity index (χ4v) is 2.77. The van der Waals surface area contributed by atoms with Crippen molar-refractivity contribution in [1.29, 1.82) is 0 Å². The van der Waals surface area contributed by atoms with E-state index in [0.717, 1.165) is 37.2 Å². The maximum atomic E-state index is 12.4. The minimum Gasteiger partial charge on any atom is -0.339 e. The molecule has 23 heavy (non-hydrogen) atoms. The molecule has 5 heteroatoms. The summed E-state index contributed by atoms with van der Waals surface area (Å²) < 4.78 is 0. The second-order valence-electron chi connectivity index (χ2n) is 6.09. The highest BCUT2D eigenvalue weighted by molar-refractivity contribution is 5.93. The van der Waals surface area contributed by atoms with E-state index in [4.69, 9.17) is 0 Å². The number of rotatable bonds is 3. The highest BCUT2D eigenvalue weighted by Gasteiger charge is 2.18. The number of benzene rings is 1. The summed E-state index contributed by atoms with van der Waals surface area (Å²) in [6.07, 6.45) is 6.59. The Bertz CT molecular complexity index is 691. The summed E-state index contributed by atoms with van der Waals surface area (Å²) >= 11 is 0. The molecule has 5 nitrogen and oxygen atoms in total. The van der Waals surface area contributed by atoms with E-state index in [1.165, 1.54) is 12.0 Å². The Hall–Kier alpha value is -2.43. The molecule has 1 aliphatic heterocycles. The van der Waals surface area contributed by atoms with Gasteiger partial charge in [0.15, 0.2) is 0 Å². The van der Waals surface area contributed by atoms with Gasteiger partial charge in [-0.1, -0.05) is 12.1 Å². The van der Waals surface area contributed by atoms with Crippen molar-refractivity contribution in [3.8, 4) is 0 Å². The van der Waals surface area contributed by atoms with Gasteiger partial charge in [-0.2, -0.15) is 0 Å². The number of aryl methyl sites for hydroxylation is 2. The molecule has 2 aromatic rings. The molecule has 0 saturated carbocycles. The van der Waals surface area contributed by atoms with Gasteiger partial charge in [0, 0.05) is 31.2 Å². The quantitative estimate of drug-likeness (QED) is 0.943. The molecule has 1 saturated heterocycles. The van der Waals surface area contributed by atoms with Gasteiger partial charge >= 0.3 is 0 Å². The number of amides is 1. The van der Waals surface area contributed by atoms with Crippen LogP contribution in [0.3, 0.4) is 0 Å². The number of hydrogen-bond acceptors (Lipinski definition) is 4. The van der Waals surface area contributed by atoms with Crippen LogP contribution in [0.1, 0.15) is 40.7 Å². The van der Waals surface area contributed by atoms with E-state index in [2.05, 4.69) is 33.5 Å². The average Bonchev–Trinajstić information content (AvgIpc) is 2.59. The van der Waals surface area contributed by atoms with Crippen LogP contribution in [-0.4, -0.2) is 33.9 Å². The van der Waals surface area contributed by atoms with Crippen molar-refractivity contribution in [2.75, 3.05) is 18.4 Å². The molecule has 0 unspecified atom stereocenters. The standard InChI is InChI=1S/C18H22N4O/c1-13-6-7-14(2)16(10-13)21-18-19-11-15(12-20-18)17(23)22-8-4-3-5-9-22/h6-7,10-12H,3-5,8-9H2,1-2H3,(H,19,20,21). The molecule has 0 bridgehead atoms. The van der Waals surface area contributed by atoms with Crippen LogP contribution in [0, 0.1) is 13.8 Å². The van der Waals surface area contributed by atoms with Crippen LogP contribution in [0.25, 0.3) is 0 Å². The van der Waals surface area contributed by atoms with Crippen LogP contribution in [0.2, 0.25) is 0 Å². The summed E-state index contributed by atoms with van der Waals surface area (Å²) in [5, 5.41) is 3.21. The lowest BCUT2D eigenvalue weighted by Gasteiger charge is -2.26. The SMILES string of the molecule is Cc1ccc(C)c(Nc2ncc(C(=O)N3CCCCC3)cn2)c1. The number of aromatic nitrogens is 2. The molecule has 0 radical (unpaired) electrons. The normalized spacial score (nSPS) is 14.6. The topological polar surface area (TPSA) is 58.1 Å². The average molecular weight is 310 g/mol. The molecule has 0 atom stereocenters. The van der Waals surface area contributed by atoms with Crippen LogP contribution in [-0.2, 0) is 0 Å². The van der Waals surface area contributed by atoms with Gasteiger partial charge in [0.2, 0.25) is 5.95 Å². The van der Waals surface area contributed by atoms with Gasteiger partial charge in [0.25, 0.3) is 5.91 Å². The third-order valence-electron chi connectivity index (χ3n) is 4.18. The second kappa shape index (κ2) is 6.77. The van der Waals surface area contributed by atoms with E-state index in [1.54, 1.807) is 12.4 Å². The summed E-state index contributed by atoms with van der Waals surface area (Å²) in [7, 11) is 0. The maximum Gasteiger partial charge on any atom is 0.256 e. The molecular weight excluding hydrogens is 288 g/mol. The number of carbonyl (C=O) groups excluding carboxylic acids is 1. The smallest absolute Gasteiger partial charge is 0.256 e. The summed E-state index contributed by atoms with van der Waals surface area (Å²) in [6.45, 7) is 5.75. The molecule has 0 aliphatic carbocycles. The number of hydrogen-bond donors (Lipinski definition) is 1. The first-order valence-corrected chi connectivity index (χ1v) is 8.09. The molecule has 0 spiro atoms. The van der Waals surface area contributed by atoms with E-state index in [0.29, 0.717) is 11.5 Å². The van der Waals surface area contributed by atoms with E-state index in [1.807, 2.05) is 18.7 Å². The van der Waals surface area contributed by atoms with Gasteiger partial charge in [-0.3, -0.25) is 4.79 Å². The number of anilines is 2. The molecule has 1 aliphatic rings. The van der Waals surface area contributed by atoms with Crippen molar-refractivity contribution in [1.82, 2.24) is 14.9 Å². The van der Waals surface area contributed by atoms with Crippen molar-refractivity contribution in [3.63, 3.8) is 0 Å². The third kappa shape index (κ3) is 3.67. The molecule has 3 rings (SSSR count). The summed E-state index contributed by atoms with van der Waals surface area (Å²) in [5.41, 5.74) is 3.85. The van der Waals surface area contributed by atoms with E-state index in [-0.39, 0.29) is 5.91 Å². The Kier molecular flexibility index (Phi) is 4.55. The van der Waals surface area contributed by atoms with Gasteiger partial charge < -0.3 is 10.2 Å². The first-order valence-electron chi connectivity index (χ1n) is 8.09. The van der Waals surface area contributed by atoms with Gasteiger partial charge in [-0.15, -0.1) is 0 Å². The zero-order chi connectivity index (χ0) is 16.2. The zero-order valence-electron chi connectivity index (χ0n) is 13.7. The minimum absolute atomic E-state index is 0.0305. The summed E-state index contributed by atoms with van der Waals surface area (Å²) in [5.74, 6) is 0.539. The summed E-state index contributed by atoms with van der Waals surface area (Å²) in [6, 6.07) is 6.19. The number of nitrogens with one attached hydrogen (secondary N) is 1. The third-order valence-corrected chi connectivity index (χ3v) is 4.18. The Labute approximate surface area is 136 Å². The van der Waals surface area contributed by atoms with Crippen LogP contribution in [0.15, 0.2) is 30.6 Å². The highest BCUT2D eigenvalue weighted by Crippen LogP contribution is 2.20. The van der Waals surface area contributed by atoms with E-state index < -0.39 is 0 Å². The Morgan fingerprint density at radius 2 is 1.78 bits per heavy atom. The lowest BCUT2D eigenvalue weighted by Crippen LogP contribution is -2.35. The summed E-state index contributed by atoms with van der Waals surface area (Å²) in [4.78, 5) is 22.9. The maximum absolute atomic E-state index is 12.4. The number of nitrogens with zero attached hydrogens (tertiary/aromatic N) is 3. The van der Waals surface area contributed by atoms with Crippen molar-refractivity contribution >= 4 is 17.5 Å². The van der Waals surface area contributed by atoms with Gasteiger partial charge in [-0.25, -0.2) is 9.97 Å². The highest BCUT2D eigenvalue weighted by atomic mass is 16.2. The molecule has 1 N–H and O–H groups in total. The van der Waals surface area contributed by atoms with Crippen LogP contribution in [0.5, 0.6) is 0 Å². The second-order valence-corrected chi connectivity index (χ2v) is 6.09. The molecule has 2 heterocycles. The van der Waals surface area contributed by atoms with Crippen LogP contribution in [0.4, 0.5) is 11.6 Å². The molecule has 1 fully saturated rings. The van der Waals surface area contributed by atoms with E-state index in [9.17, 15) is 4.79 Å². The van der Waals surface area contributed by atoms with Crippen molar-refractivity contribution < 1.29 is 4.79 Å². The monoisotopic (exact) mass is 310 g/mol. The number of carbonyl (C=O) groups is 1. The molecule has 1 aromatic carbocycles. The largest absolute Gasteiger partial charge is 0.339 e. The molecule has 1 aromatic heterocycles. The van der Waals surface area contributed by atoms with E-state index >= 15 is 0 Å². The predicted molar refractivity (Wildman–Crippen MR) is 91.0 cm³/mol. The fraction of sp³-hybridized carbons (Fsp3) is 0.389. The lowest BCUT2D eigenvalue weighted by atomic mass is 10.1. The van der Waals surface area contributed by atoms with Crippen LogP contribution >= 0.6 is 0 Å². The van der Waals surface area contributed by atoms with Gasteiger partial charge in [0.05, 0.1) is 5.56 Å².